The molecule has 1 unspecified atom stereocenters. The topological polar surface area (TPSA) is 95.3 Å². The minimum atomic E-state index is -0.296. The molecule has 3 heterocycles. The standard InChI is InChI=1S/C23H24N4O3S/c1-15-8-9-25-14-16(15)4-7-21(28)26-22-19(13-24)18-6-5-17(12-20(18)31-22)30-23(29)27-10-2-3-11-27/h4,7-9,14,17H,2-3,5-6,10-12H2,1H3,(H,26,28). The lowest BCUT2D eigenvalue weighted by atomic mass is 9.94. The van der Waals surface area contributed by atoms with Crippen molar-refractivity contribution in [2.75, 3.05) is 18.4 Å². The van der Waals surface area contributed by atoms with E-state index in [2.05, 4.69) is 16.4 Å². The van der Waals surface area contributed by atoms with Crippen LogP contribution in [0.15, 0.2) is 24.5 Å². The number of aromatic nitrogens is 1. The van der Waals surface area contributed by atoms with E-state index in [0.717, 1.165) is 47.5 Å². The number of thiophene rings is 1. The van der Waals surface area contributed by atoms with Crippen LogP contribution in [0.4, 0.5) is 9.80 Å². The maximum atomic E-state index is 12.4. The Balaban J connectivity index is 1.43. The first-order valence-electron chi connectivity index (χ1n) is 10.4. The maximum absolute atomic E-state index is 12.4. The lowest BCUT2D eigenvalue weighted by molar-refractivity contribution is -0.111. The van der Waals surface area contributed by atoms with E-state index in [-0.39, 0.29) is 18.1 Å². The Kier molecular flexibility index (Phi) is 6.33. The Labute approximate surface area is 185 Å². The van der Waals surface area contributed by atoms with Crippen molar-refractivity contribution in [1.82, 2.24) is 9.88 Å². The summed E-state index contributed by atoms with van der Waals surface area (Å²) in [7, 11) is 0. The summed E-state index contributed by atoms with van der Waals surface area (Å²) in [5, 5.41) is 13.1. The highest BCUT2D eigenvalue weighted by molar-refractivity contribution is 7.16. The molecule has 0 saturated carbocycles. The van der Waals surface area contributed by atoms with E-state index < -0.39 is 0 Å². The molecule has 31 heavy (non-hydrogen) atoms. The second-order valence-corrected chi connectivity index (χ2v) is 8.92. The van der Waals surface area contributed by atoms with E-state index in [9.17, 15) is 14.9 Å². The number of hydrogen-bond donors (Lipinski definition) is 1. The normalized spacial score (nSPS) is 17.9. The highest BCUT2D eigenvalue weighted by Gasteiger charge is 2.30. The number of nitrogens with one attached hydrogen (secondary N) is 1. The van der Waals surface area contributed by atoms with Crippen LogP contribution in [-0.4, -0.2) is 41.1 Å². The zero-order valence-corrected chi connectivity index (χ0v) is 18.2. The Morgan fingerprint density at radius 3 is 2.94 bits per heavy atom. The van der Waals surface area contributed by atoms with E-state index in [4.69, 9.17) is 4.74 Å². The van der Waals surface area contributed by atoms with Gasteiger partial charge in [0.2, 0.25) is 5.91 Å². The minimum absolute atomic E-state index is 0.192. The zero-order valence-electron chi connectivity index (χ0n) is 17.4. The maximum Gasteiger partial charge on any atom is 0.410 e. The van der Waals surface area contributed by atoms with Gasteiger partial charge in [0.15, 0.2) is 0 Å². The van der Waals surface area contributed by atoms with Crippen molar-refractivity contribution in [2.45, 2.75) is 45.1 Å². The van der Waals surface area contributed by atoms with Crippen LogP contribution in [0.2, 0.25) is 0 Å². The molecule has 0 bridgehead atoms. The molecular weight excluding hydrogens is 412 g/mol. The van der Waals surface area contributed by atoms with Gasteiger partial charge in [0.25, 0.3) is 0 Å². The van der Waals surface area contributed by atoms with Crippen LogP contribution in [0.3, 0.4) is 0 Å². The van der Waals surface area contributed by atoms with Crippen LogP contribution >= 0.6 is 11.3 Å². The van der Waals surface area contributed by atoms with Gasteiger partial charge in [0, 0.05) is 42.9 Å². The molecule has 7 nitrogen and oxygen atoms in total. The van der Waals surface area contributed by atoms with Crippen LogP contribution in [0.1, 0.15) is 46.4 Å². The Bertz CT molecular complexity index is 1060. The first-order valence-corrected chi connectivity index (χ1v) is 11.3. The number of carbonyl (C=O) groups excluding carboxylic acids is 2. The highest BCUT2D eigenvalue weighted by atomic mass is 32.1. The van der Waals surface area contributed by atoms with Crippen molar-refractivity contribution < 1.29 is 14.3 Å². The molecule has 2 aromatic heterocycles. The van der Waals surface area contributed by atoms with Crippen LogP contribution in [0.5, 0.6) is 0 Å². The van der Waals surface area contributed by atoms with Gasteiger partial charge in [-0.15, -0.1) is 11.3 Å². The number of hydrogen-bond acceptors (Lipinski definition) is 6. The van der Waals surface area contributed by atoms with Crippen molar-refractivity contribution in [3.63, 3.8) is 0 Å². The van der Waals surface area contributed by atoms with Crippen LogP contribution in [0.25, 0.3) is 6.08 Å². The summed E-state index contributed by atoms with van der Waals surface area (Å²) in [6.07, 6.45) is 10.1. The molecule has 4 rings (SSSR count). The monoisotopic (exact) mass is 436 g/mol. The summed E-state index contributed by atoms with van der Waals surface area (Å²) in [4.78, 5) is 31.6. The van der Waals surface area contributed by atoms with Crippen molar-refractivity contribution >= 4 is 34.4 Å². The summed E-state index contributed by atoms with van der Waals surface area (Å²) in [6.45, 7) is 3.47. The number of anilines is 1. The summed E-state index contributed by atoms with van der Waals surface area (Å²) >= 11 is 1.40. The highest BCUT2D eigenvalue weighted by Crippen LogP contribution is 2.38. The molecule has 0 radical (unpaired) electrons. The van der Waals surface area contributed by atoms with E-state index >= 15 is 0 Å². The molecule has 1 N–H and O–H groups in total. The predicted molar refractivity (Wildman–Crippen MR) is 119 cm³/mol. The first kappa shape index (κ1) is 21.1. The van der Waals surface area contributed by atoms with Gasteiger partial charge in [0.1, 0.15) is 17.2 Å². The molecule has 0 aromatic carbocycles. The summed E-state index contributed by atoms with van der Waals surface area (Å²) < 4.78 is 5.70. The van der Waals surface area contributed by atoms with Crippen molar-refractivity contribution in [2.24, 2.45) is 0 Å². The molecule has 2 aliphatic rings. The van der Waals surface area contributed by atoms with Gasteiger partial charge in [-0.05, 0) is 61.4 Å². The average molecular weight is 437 g/mol. The van der Waals surface area contributed by atoms with Crippen LogP contribution in [0, 0.1) is 18.3 Å². The van der Waals surface area contributed by atoms with Gasteiger partial charge < -0.3 is 15.0 Å². The van der Waals surface area contributed by atoms with Gasteiger partial charge >= 0.3 is 6.09 Å². The lowest BCUT2D eigenvalue weighted by Gasteiger charge is -2.25. The fourth-order valence-electron chi connectivity index (χ4n) is 3.95. The molecule has 1 saturated heterocycles. The largest absolute Gasteiger partial charge is 0.446 e. The van der Waals surface area contributed by atoms with E-state index in [1.54, 1.807) is 23.4 Å². The number of amides is 2. The molecule has 1 aliphatic carbocycles. The number of rotatable bonds is 4. The molecule has 2 aromatic rings. The van der Waals surface area contributed by atoms with Gasteiger partial charge in [-0.3, -0.25) is 9.78 Å². The third kappa shape index (κ3) is 4.78. The fourth-order valence-corrected chi connectivity index (χ4v) is 5.21. The van der Waals surface area contributed by atoms with E-state index in [1.165, 1.54) is 17.4 Å². The number of pyridine rings is 1. The predicted octanol–water partition coefficient (Wildman–Crippen LogP) is 4.06. The van der Waals surface area contributed by atoms with E-state index in [0.29, 0.717) is 29.8 Å². The smallest absolute Gasteiger partial charge is 0.410 e. The third-order valence-electron chi connectivity index (χ3n) is 5.69. The Morgan fingerprint density at radius 1 is 1.39 bits per heavy atom. The van der Waals surface area contributed by atoms with E-state index in [1.807, 2.05) is 13.0 Å². The SMILES string of the molecule is Cc1ccncc1C=CC(=O)Nc1sc2c(c1C#N)CCC(OC(=O)N1CCCC1)C2. The number of likely N-dealkylation sites (tertiary alicyclic amines) is 1. The fraction of sp³-hybridized carbons (Fsp3) is 0.391. The molecule has 0 spiro atoms. The van der Waals surface area contributed by atoms with Gasteiger partial charge in [-0.2, -0.15) is 5.26 Å². The summed E-state index contributed by atoms with van der Waals surface area (Å²) in [6, 6.07) is 4.12. The second-order valence-electron chi connectivity index (χ2n) is 7.82. The van der Waals surface area contributed by atoms with Gasteiger partial charge in [-0.1, -0.05) is 0 Å². The first-order chi connectivity index (χ1) is 15.0. The van der Waals surface area contributed by atoms with Gasteiger partial charge in [-0.25, -0.2) is 4.79 Å². The number of carbonyl (C=O) groups is 2. The van der Waals surface area contributed by atoms with Crippen LogP contribution in [-0.2, 0) is 22.4 Å². The molecule has 160 valence electrons. The van der Waals surface area contributed by atoms with Crippen LogP contribution < -0.4 is 5.32 Å². The van der Waals surface area contributed by atoms with Gasteiger partial charge in [0.05, 0.1) is 5.56 Å². The quantitative estimate of drug-likeness (QED) is 0.729. The lowest BCUT2D eigenvalue weighted by Crippen LogP contribution is -2.34. The molecule has 8 heteroatoms. The average Bonchev–Trinajstić information content (AvgIpc) is 3.40. The minimum Gasteiger partial charge on any atom is -0.446 e. The van der Waals surface area contributed by atoms with Crippen molar-refractivity contribution in [1.29, 1.82) is 5.26 Å². The molecular formula is C23H24N4O3S. The molecule has 1 atom stereocenters. The third-order valence-corrected chi connectivity index (χ3v) is 6.86. The second kappa shape index (κ2) is 9.31. The summed E-state index contributed by atoms with van der Waals surface area (Å²) in [5.41, 5.74) is 3.37. The van der Waals surface area contributed by atoms with Crippen molar-refractivity contribution in [3.8, 4) is 6.07 Å². The number of fused-ring (bicyclic) bond motifs is 1. The molecule has 1 aliphatic heterocycles. The summed E-state index contributed by atoms with van der Waals surface area (Å²) in [5.74, 6) is -0.296. The van der Waals surface area contributed by atoms with Crippen molar-refractivity contribution in [3.05, 3.63) is 51.7 Å². The molecule has 1 fully saturated rings. The Hall–Kier alpha value is -3.18. The number of nitrogens with zero attached hydrogens (tertiary/aromatic N) is 3. The number of nitriles is 1. The zero-order chi connectivity index (χ0) is 21.8. The molecule has 2 amide bonds. The number of ether oxygens (including phenoxy) is 1. The number of aryl methyl sites for hydroxylation is 1. The Morgan fingerprint density at radius 2 is 2.19 bits per heavy atom.